The zero-order chi connectivity index (χ0) is 16.7. The number of aromatic nitrogens is 5. The van der Waals surface area contributed by atoms with E-state index in [0.29, 0.717) is 23.8 Å². The van der Waals surface area contributed by atoms with Crippen LogP contribution in [0.5, 0.6) is 0 Å². The van der Waals surface area contributed by atoms with Crippen LogP contribution in [0.3, 0.4) is 0 Å². The first-order chi connectivity index (χ1) is 11.6. The molecule has 0 fully saturated rings. The van der Waals surface area contributed by atoms with Gasteiger partial charge in [0, 0.05) is 22.8 Å². The van der Waals surface area contributed by atoms with Crippen LogP contribution in [0.25, 0.3) is 22.4 Å². The lowest BCUT2D eigenvalue weighted by atomic mass is 10.0. The molecular weight excluding hydrogens is 302 g/mol. The minimum absolute atomic E-state index is 0.462. The van der Waals surface area contributed by atoms with Gasteiger partial charge in [0.1, 0.15) is 5.69 Å². The smallest absolute Gasteiger partial charge is 0.231 e. The first-order valence-corrected chi connectivity index (χ1v) is 7.81. The molecule has 4 rings (SSSR count). The summed E-state index contributed by atoms with van der Waals surface area (Å²) in [6.45, 7) is 6.31. The standard InChI is InChI=1S/C18H17N5O/c1-10-6-7-11(2)17-16(10)13(12(3)20-17)9-15-21-18(23-24-15)14-5-4-8-19-22-14/h4-8,20H,9H2,1-3H3. The first kappa shape index (κ1) is 14.6. The molecule has 0 amide bonds. The number of hydrogen-bond acceptors (Lipinski definition) is 5. The van der Waals surface area contributed by atoms with Crippen molar-refractivity contribution in [2.45, 2.75) is 27.2 Å². The third kappa shape index (κ3) is 2.36. The van der Waals surface area contributed by atoms with Gasteiger partial charge in [0.25, 0.3) is 0 Å². The van der Waals surface area contributed by atoms with E-state index in [4.69, 9.17) is 4.52 Å². The molecule has 3 heterocycles. The predicted octanol–water partition coefficient (Wildman–Crippen LogP) is 3.52. The molecular formula is C18H17N5O. The average molecular weight is 319 g/mol. The summed E-state index contributed by atoms with van der Waals surface area (Å²) in [5.74, 6) is 1.03. The number of nitrogens with zero attached hydrogens (tertiary/aromatic N) is 4. The monoisotopic (exact) mass is 319 g/mol. The molecule has 24 heavy (non-hydrogen) atoms. The number of benzene rings is 1. The van der Waals surface area contributed by atoms with E-state index in [1.165, 1.54) is 27.6 Å². The van der Waals surface area contributed by atoms with Gasteiger partial charge in [-0.25, -0.2) is 0 Å². The van der Waals surface area contributed by atoms with Crippen molar-refractivity contribution in [3.05, 3.63) is 58.7 Å². The zero-order valence-corrected chi connectivity index (χ0v) is 13.8. The molecule has 0 aliphatic rings. The third-order valence-electron chi connectivity index (χ3n) is 4.29. The lowest BCUT2D eigenvalue weighted by Gasteiger charge is -2.02. The SMILES string of the molecule is Cc1[nH]c2c(C)ccc(C)c2c1Cc1nc(-c2cccnn2)no1. The van der Waals surface area contributed by atoms with Gasteiger partial charge in [0.15, 0.2) is 0 Å². The summed E-state index contributed by atoms with van der Waals surface area (Å²) < 4.78 is 5.42. The van der Waals surface area contributed by atoms with E-state index in [2.05, 4.69) is 58.2 Å². The Morgan fingerprint density at radius 2 is 1.92 bits per heavy atom. The van der Waals surface area contributed by atoms with Gasteiger partial charge in [-0.05, 0) is 49.6 Å². The fraction of sp³-hybridized carbons (Fsp3) is 0.222. The number of aromatic amines is 1. The quantitative estimate of drug-likeness (QED) is 0.625. The average Bonchev–Trinajstić information content (AvgIpc) is 3.19. The Balaban J connectivity index is 1.74. The highest BCUT2D eigenvalue weighted by molar-refractivity contribution is 5.90. The Labute approximate surface area is 138 Å². The summed E-state index contributed by atoms with van der Waals surface area (Å²) >= 11 is 0. The lowest BCUT2D eigenvalue weighted by molar-refractivity contribution is 0.385. The highest BCUT2D eigenvalue weighted by Gasteiger charge is 2.17. The molecule has 6 nitrogen and oxygen atoms in total. The third-order valence-corrected chi connectivity index (χ3v) is 4.29. The summed E-state index contributed by atoms with van der Waals surface area (Å²) in [5, 5.41) is 13.1. The molecule has 0 aliphatic heterocycles. The fourth-order valence-corrected chi connectivity index (χ4v) is 3.04. The van der Waals surface area contributed by atoms with E-state index in [1.54, 1.807) is 12.3 Å². The molecule has 0 aliphatic carbocycles. The molecule has 0 unspecified atom stereocenters. The molecule has 4 aromatic rings. The minimum Gasteiger partial charge on any atom is -0.358 e. The normalized spacial score (nSPS) is 11.3. The van der Waals surface area contributed by atoms with Crippen LogP contribution < -0.4 is 0 Å². The summed E-state index contributed by atoms with van der Waals surface area (Å²) in [5.41, 5.74) is 6.58. The maximum absolute atomic E-state index is 5.42. The lowest BCUT2D eigenvalue weighted by Crippen LogP contribution is -1.92. The van der Waals surface area contributed by atoms with Crippen LogP contribution in [0, 0.1) is 20.8 Å². The van der Waals surface area contributed by atoms with E-state index in [9.17, 15) is 0 Å². The number of rotatable bonds is 3. The highest BCUT2D eigenvalue weighted by atomic mass is 16.5. The molecule has 0 bridgehead atoms. The van der Waals surface area contributed by atoms with Crippen molar-refractivity contribution in [1.29, 1.82) is 0 Å². The topological polar surface area (TPSA) is 80.5 Å². The number of hydrogen-bond donors (Lipinski definition) is 1. The molecule has 6 heteroatoms. The van der Waals surface area contributed by atoms with E-state index >= 15 is 0 Å². The van der Waals surface area contributed by atoms with Crippen LogP contribution in [0.15, 0.2) is 35.0 Å². The van der Waals surface area contributed by atoms with E-state index in [0.717, 1.165) is 5.69 Å². The van der Waals surface area contributed by atoms with Crippen molar-refractivity contribution in [1.82, 2.24) is 25.3 Å². The molecule has 0 spiro atoms. The van der Waals surface area contributed by atoms with Gasteiger partial charge in [-0.1, -0.05) is 17.3 Å². The molecule has 1 N–H and O–H groups in total. The molecule has 3 aromatic heterocycles. The van der Waals surface area contributed by atoms with Crippen molar-refractivity contribution in [3.8, 4) is 11.5 Å². The van der Waals surface area contributed by atoms with Crippen LogP contribution in [-0.4, -0.2) is 25.3 Å². The van der Waals surface area contributed by atoms with Crippen LogP contribution in [0.2, 0.25) is 0 Å². The van der Waals surface area contributed by atoms with Gasteiger partial charge in [0.2, 0.25) is 11.7 Å². The predicted molar refractivity (Wildman–Crippen MR) is 90.6 cm³/mol. The highest BCUT2D eigenvalue weighted by Crippen LogP contribution is 2.29. The second-order valence-corrected chi connectivity index (χ2v) is 5.98. The van der Waals surface area contributed by atoms with Gasteiger partial charge in [-0.15, -0.1) is 5.10 Å². The number of fused-ring (bicyclic) bond motifs is 1. The number of aryl methyl sites for hydroxylation is 3. The Kier molecular flexibility index (Phi) is 3.37. The Morgan fingerprint density at radius 1 is 1.08 bits per heavy atom. The van der Waals surface area contributed by atoms with Gasteiger partial charge >= 0.3 is 0 Å². The Bertz CT molecular complexity index is 1020. The van der Waals surface area contributed by atoms with Crippen molar-refractivity contribution < 1.29 is 4.52 Å². The second kappa shape index (κ2) is 5.56. The van der Waals surface area contributed by atoms with Crippen LogP contribution in [-0.2, 0) is 6.42 Å². The summed E-state index contributed by atoms with van der Waals surface area (Å²) in [6, 6.07) is 7.89. The number of nitrogens with one attached hydrogen (secondary N) is 1. The van der Waals surface area contributed by atoms with Gasteiger partial charge < -0.3 is 9.51 Å². The second-order valence-electron chi connectivity index (χ2n) is 5.98. The van der Waals surface area contributed by atoms with Crippen LogP contribution in [0.1, 0.15) is 28.3 Å². The number of H-pyrrole nitrogens is 1. The van der Waals surface area contributed by atoms with Gasteiger partial charge in [-0.3, -0.25) is 0 Å². The maximum atomic E-state index is 5.42. The first-order valence-electron chi connectivity index (χ1n) is 7.81. The molecule has 0 atom stereocenters. The van der Waals surface area contributed by atoms with Crippen LogP contribution >= 0.6 is 0 Å². The van der Waals surface area contributed by atoms with Crippen molar-refractivity contribution in [3.63, 3.8) is 0 Å². The molecule has 0 radical (unpaired) electrons. The largest absolute Gasteiger partial charge is 0.358 e. The molecule has 0 saturated carbocycles. The fourth-order valence-electron chi connectivity index (χ4n) is 3.04. The maximum Gasteiger partial charge on any atom is 0.231 e. The summed E-state index contributed by atoms with van der Waals surface area (Å²) in [7, 11) is 0. The van der Waals surface area contributed by atoms with Crippen molar-refractivity contribution in [2.75, 3.05) is 0 Å². The van der Waals surface area contributed by atoms with Crippen LogP contribution in [0.4, 0.5) is 0 Å². The van der Waals surface area contributed by atoms with Gasteiger partial charge in [-0.2, -0.15) is 10.1 Å². The molecule has 0 saturated heterocycles. The Hall–Kier alpha value is -3.02. The Morgan fingerprint density at radius 3 is 2.71 bits per heavy atom. The van der Waals surface area contributed by atoms with Crippen molar-refractivity contribution in [2.24, 2.45) is 0 Å². The van der Waals surface area contributed by atoms with E-state index in [1.807, 2.05) is 6.07 Å². The van der Waals surface area contributed by atoms with Gasteiger partial charge in [0.05, 0.1) is 6.42 Å². The molecule has 120 valence electrons. The van der Waals surface area contributed by atoms with Crippen molar-refractivity contribution >= 4 is 10.9 Å². The molecule has 1 aromatic carbocycles. The van der Waals surface area contributed by atoms with E-state index < -0.39 is 0 Å². The van der Waals surface area contributed by atoms with E-state index in [-0.39, 0.29) is 0 Å². The summed E-state index contributed by atoms with van der Waals surface area (Å²) in [6.07, 6.45) is 2.20. The minimum atomic E-state index is 0.462. The zero-order valence-electron chi connectivity index (χ0n) is 13.8. The summed E-state index contributed by atoms with van der Waals surface area (Å²) in [4.78, 5) is 7.94.